The molecule has 0 aromatic rings. The Morgan fingerprint density at radius 2 is 1.96 bits per heavy atom. The highest BCUT2D eigenvalue weighted by molar-refractivity contribution is 5.66. The standard InChI is InChI=1S/C24H38O3/c1-15(4-9-22(26)27)19-7-8-20-18-6-5-16-14-17(25)10-12-23(16,2)21(18)11-13-24(19,20)3/h5,15,17-21,25H,4,6-14H2,1-3H3,(H,26,27)/t15-,17-,18-,19+,20-,21+,23-,24+/m0/s1. The number of allylic oxidation sites excluding steroid dienone is 1. The maximum Gasteiger partial charge on any atom is 0.303 e. The maximum atomic E-state index is 11.0. The van der Waals surface area contributed by atoms with Crippen molar-refractivity contribution < 1.29 is 15.0 Å². The first-order valence-electron chi connectivity index (χ1n) is 11.3. The minimum absolute atomic E-state index is 0.124. The summed E-state index contributed by atoms with van der Waals surface area (Å²) < 4.78 is 0. The summed E-state index contributed by atoms with van der Waals surface area (Å²) in [5.74, 6) is 2.94. The minimum Gasteiger partial charge on any atom is -0.481 e. The van der Waals surface area contributed by atoms with Crippen molar-refractivity contribution in [2.24, 2.45) is 40.4 Å². The highest BCUT2D eigenvalue weighted by Crippen LogP contribution is 2.67. The highest BCUT2D eigenvalue weighted by Gasteiger charge is 2.59. The molecular formula is C24H38O3. The SMILES string of the molecule is C[C@@H](CCC(=O)O)[C@H]1CC[C@H]2[C@@H]3CC=C4C[C@@H](O)CC[C@]4(C)[C@@H]3CC[C@]12C. The first-order valence-corrected chi connectivity index (χ1v) is 11.3. The van der Waals surface area contributed by atoms with E-state index in [0.717, 1.165) is 43.4 Å². The molecule has 0 aliphatic heterocycles. The molecule has 0 radical (unpaired) electrons. The van der Waals surface area contributed by atoms with Gasteiger partial charge in [0.05, 0.1) is 6.10 Å². The van der Waals surface area contributed by atoms with E-state index in [9.17, 15) is 9.90 Å². The van der Waals surface area contributed by atoms with Crippen molar-refractivity contribution in [1.82, 2.24) is 0 Å². The summed E-state index contributed by atoms with van der Waals surface area (Å²) in [6.07, 6.45) is 13.0. The van der Waals surface area contributed by atoms with Gasteiger partial charge in [-0.05, 0) is 98.2 Å². The molecule has 0 amide bonds. The van der Waals surface area contributed by atoms with Crippen LogP contribution in [0.25, 0.3) is 0 Å². The Bertz CT molecular complexity index is 625. The van der Waals surface area contributed by atoms with Crippen LogP contribution in [0.3, 0.4) is 0 Å². The molecule has 3 nitrogen and oxygen atoms in total. The van der Waals surface area contributed by atoms with Crippen LogP contribution < -0.4 is 0 Å². The summed E-state index contributed by atoms with van der Waals surface area (Å²) >= 11 is 0. The molecular weight excluding hydrogens is 336 g/mol. The molecule has 0 heterocycles. The Balaban J connectivity index is 1.54. The average molecular weight is 375 g/mol. The summed E-state index contributed by atoms with van der Waals surface area (Å²) in [4.78, 5) is 11.0. The van der Waals surface area contributed by atoms with Crippen LogP contribution in [-0.2, 0) is 4.79 Å². The summed E-state index contributed by atoms with van der Waals surface area (Å²) in [6, 6.07) is 0. The molecule has 0 aromatic carbocycles. The molecule has 4 aliphatic carbocycles. The largest absolute Gasteiger partial charge is 0.481 e. The fourth-order valence-electron chi connectivity index (χ4n) is 8.17. The van der Waals surface area contributed by atoms with E-state index in [-0.39, 0.29) is 6.10 Å². The van der Waals surface area contributed by atoms with Gasteiger partial charge < -0.3 is 10.2 Å². The van der Waals surface area contributed by atoms with Crippen LogP contribution in [0.2, 0.25) is 0 Å². The van der Waals surface area contributed by atoms with E-state index in [2.05, 4.69) is 26.8 Å². The van der Waals surface area contributed by atoms with E-state index in [4.69, 9.17) is 5.11 Å². The second kappa shape index (κ2) is 6.90. The third kappa shape index (κ3) is 3.09. The van der Waals surface area contributed by atoms with Crippen LogP contribution >= 0.6 is 0 Å². The van der Waals surface area contributed by atoms with E-state index >= 15 is 0 Å². The Morgan fingerprint density at radius 3 is 2.70 bits per heavy atom. The van der Waals surface area contributed by atoms with Crippen LogP contribution in [-0.4, -0.2) is 22.3 Å². The number of carbonyl (C=O) groups is 1. The van der Waals surface area contributed by atoms with E-state index in [1.54, 1.807) is 5.57 Å². The Morgan fingerprint density at radius 1 is 1.19 bits per heavy atom. The van der Waals surface area contributed by atoms with E-state index in [1.807, 2.05) is 0 Å². The quantitative estimate of drug-likeness (QED) is 0.645. The third-order valence-corrected chi connectivity index (χ3v) is 9.65. The predicted octanol–water partition coefficient (Wildman–Crippen LogP) is 5.43. The summed E-state index contributed by atoms with van der Waals surface area (Å²) in [6.45, 7) is 7.33. The number of fused-ring (bicyclic) bond motifs is 5. The summed E-state index contributed by atoms with van der Waals surface area (Å²) in [7, 11) is 0. The Hall–Kier alpha value is -0.830. The fourth-order valence-corrected chi connectivity index (χ4v) is 8.17. The van der Waals surface area contributed by atoms with Crippen molar-refractivity contribution in [3.63, 3.8) is 0 Å². The van der Waals surface area contributed by atoms with Gasteiger partial charge in [-0.1, -0.05) is 32.4 Å². The van der Waals surface area contributed by atoms with Gasteiger partial charge in [0.25, 0.3) is 0 Å². The molecule has 2 N–H and O–H groups in total. The van der Waals surface area contributed by atoms with Crippen molar-refractivity contribution in [1.29, 1.82) is 0 Å². The van der Waals surface area contributed by atoms with Gasteiger partial charge in [0.1, 0.15) is 0 Å². The number of carboxylic acids is 1. The smallest absolute Gasteiger partial charge is 0.303 e. The third-order valence-electron chi connectivity index (χ3n) is 9.65. The van der Waals surface area contributed by atoms with Crippen LogP contribution in [0.15, 0.2) is 11.6 Å². The lowest BCUT2D eigenvalue weighted by Crippen LogP contribution is -2.50. The van der Waals surface area contributed by atoms with Crippen LogP contribution in [0, 0.1) is 40.4 Å². The predicted molar refractivity (Wildman–Crippen MR) is 107 cm³/mol. The highest BCUT2D eigenvalue weighted by atomic mass is 16.4. The molecule has 3 saturated carbocycles. The summed E-state index contributed by atoms with van der Waals surface area (Å²) in [5.41, 5.74) is 2.27. The first kappa shape index (κ1) is 19.5. The zero-order chi connectivity index (χ0) is 19.4. The van der Waals surface area contributed by atoms with Gasteiger partial charge in [0, 0.05) is 6.42 Å². The lowest BCUT2D eigenvalue weighted by atomic mass is 9.47. The molecule has 4 rings (SSSR count). The van der Waals surface area contributed by atoms with Crippen molar-refractivity contribution in [2.75, 3.05) is 0 Å². The molecule has 8 atom stereocenters. The molecule has 3 fully saturated rings. The Kier molecular flexibility index (Phi) is 4.98. The molecule has 4 aliphatic rings. The lowest BCUT2D eigenvalue weighted by molar-refractivity contribution is -0.137. The van der Waals surface area contributed by atoms with Crippen molar-refractivity contribution in [3.8, 4) is 0 Å². The Labute approximate surface area is 164 Å². The van der Waals surface area contributed by atoms with E-state index < -0.39 is 5.97 Å². The molecule has 0 saturated heterocycles. The zero-order valence-electron chi connectivity index (χ0n) is 17.4. The minimum atomic E-state index is -0.650. The van der Waals surface area contributed by atoms with Gasteiger partial charge in [-0.3, -0.25) is 4.79 Å². The van der Waals surface area contributed by atoms with Gasteiger partial charge in [0.15, 0.2) is 0 Å². The number of hydrogen-bond acceptors (Lipinski definition) is 2. The van der Waals surface area contributed by atoms with Gasteiger partial charge >= 0.3 is 5.97 Å². The first-order chi connectivity index (χ1) is 12.8. The number of aliphatic hydroxyl groups excluding tert-OH is 1. The second-order valence-electron chi connectivity index (χ2n) is 10.8. The number of hydrogen-bond donors (Lipinski definition) is 2. The second-order valence-corrected chi connectivity index (χ2v) is 10.8. The molecule has 3 heteroatoms. The van der Waals surface area contributed by atoms with Gasteiger partial charge in [-0.2, -0.15) is 0 Å². The van der Waals surface area contributed by atoms with Crippen molar-refractivity contribution >= 4 is 5.97 Å². The van der Waals surface area contributed by atoms with Crippen molar-refractivity contribution in [2.45, 2.75) is 91.1 Å². The summed E-state index contributed by atoms with van der Waals surface area (Å²) in [5, 5.41) is 19.2. The molecule has 152 valence electrons. The van der Waals surface area contributed by atoms with E-state index in [0.29, 0.717) is 29.1 Å². The van der Waals surface area contributed by atoms with Gasteiger partial charge in [-0.25, -0.2) is 0 Å². The monoisotopic (exact) mass is 374 g/mol. The molecule has 27 heavy (non-hydrogen) atoms. The van der Waals surface area contributed by atoms with Crippen molar-refractivity contribution in [3.05, 3.63) is 11.6 Å². The fraction of sp³-hybridized carbons (Fsp3) is 0.875. The average Bonchev–Trinajstić information content (AvgIpc) is 2.97. The van der Waals surface area contributed by atoms with Crippen LogP contribution in [0.4, 0.5) is 0 Å². The lowest BCUT2D eigenvalue weighted by Gasteiger charge is -2.58. The normalized spacial score (nSPS) is 47.4. The molecule has 0 aromatic heterocycles. The molecule has 0 spiro atoms. The van der Waals surface area contributed by atoms with Crippen LogP contribution in [0.5, 0.6) is 0 Å². The zero-order valence-corrected chi connectivity index (χ0v) is 17.4. The van der Waals surface area contributed by atoms with Crippen LogP contribution in [0.1, 0.15) is 85.0 Å². The topological polar surface area (TPSA) is 57.5 Å². The number of carboxylic acid groups (broad SMARTS) is 1. The maximum absolute atomic E-state index is 11.0. The number of rotatable bonds is 4. The van der Waals surface area contributed by atoms with E-state index in [1.165, 1.54) is 32.1 Å². The van der Waals surface area contributed by atoms with Gasteiger partial charge in [-0.15, -0.1) is 0 Å². The molecule has 0 unspecified atom stereocenters. The number of aliphatic carboxylic acids is 1. The number of aliphatic hydroxyl groups is 1. The van der Waals surface area contributed by atoms with Gasteiger partial charge in [0.2, 0.25) is 0 Å². The molecule has 0 bridgehead atoms.